The highest BCUT2D eigenvalue weighted by Crippen LogP contribution is 2.24. The first-order valence-corrected chi connectivity index (χ1v) is 8.33. The molecule has 3 aromatic rings. The van der Waals surface area contributed by atoms with Crippen LogP contribution < -0.4 is 0 Å². The minimum absolute atomic E-state index is 0.0699. The first kappa shape index (κ1) is 15.8. The van der Waals surface area contributed by atoms with Gasteiger partial charge in [0, 0.05) is 29.9 Å². The molecule has 1 atom stereocenters. The van der Waals surface area contributed by atoms with Gasteiger partial charge in [-0.3, -0.25) is 14.8 Å². The monoisotopic (exact) mass is 337 g/mol. The van der Waals surface area contributed by atoms with Crippen molar-refractivity contribution in [3.8, 4) is 0 Å². The van der Waals surface area contributed by atoms with Gasteiger partial charge in [0.05, 0.1) is 37.7 Å². The Balaban J connectivity index is 1.48. The summed E-state index contributed by atoms with van der Waals surface area (Å²) >= 11 is 0. The molecule has 4 rings (SSSR count). The van der Waals surface area contributed by atoms with Crippen LogP contribution in [0.3, 0.4) is 0 Å². The summed E-state index contributed by atoms with van der Waals surface area (Å²) in [5, 5.41) is 0.998. The van der Waals surface area contributed by atoms with Gasteiger partial charge in [0.15, 0.2) is 0 Å². The van der Waals surface area contributed by atoms with E-state index in [9.17, 15) is 4.79 Å². The summed E-state index contributed by atoms with van der Waals surface area (Å²) in [6.45, 7) is 3.60. The van der Waals surface area contributed by atoms with E-state index in [2.05, 4.69) is 9.97 Å². The molecule has 128 valence electrons. The van der Waals surface area contributed by atoms with Gasteiger partial charge in [0.1, 0.15) is 11.7 Å². The van der Waals surface area contributed by atoms with Crippen LogP contribution in [0.4, 0.5) is 0 Å². The third-order valence-electron chi connectivity index (χ3n) is 4.49. The van der Waals surface area contributed by atoms with E-state index < -0.39 is 0 Å². The van der Waals surface area contributed by atoms with E-state index >= 15 is 0 Å². The zero-order chi connectivity index (χ0) is 17.2. The molecule has 3 heterocycles. The predicted molar refractivity (Wildman–Crippen MR) is 92.0 cm³/mol. The first-order valence-electron chi connectivity index (χ1n) is 8.33. The number of hydrogen-bond acceptors (Lipinski definition) is 5. The maximum atomic E-state index is 12.7. The summed E-state index contributed by atoms with van der Waals surface area (Å²) in [5.74, 6) is 0.0699. The van der Waals surface area contributed by atoms with Crippen LogP contribution in [0.2, 0.25) is 0 Å². The normalized spacial score (nSPS) is 17.8. The average molecular weight is 337 g/mol. The number of benzene rings is 1. The number of carbonyl (C=O) groups is 1. The lowest BCUT2D eigenvalue weighted by atomic mass is 10.1. The van der Waals surface area contributed by atoms with Crippen molar-refractivity contribution in [2.45, 2.75) is 19.4 Å². The number of carbonyl (C=O) groups excluding carboxylic acids is 1. The fraction of sp³-hybridized carbons (Fsp3) is 0.316. The second-order valence-electron chi connectivity index (χ2n) is 6.27. The highest BCUT2D eigenvalue weighted by molar-refractivity contribution is 5.88. The molecule has 1 saturated heterocycles. The van der Waals surface area contributed by atoms with E-state index in [1.54, 1.807) is 24.9 Å². The van der Waals surface area contributed by atoms with Crippen LogP contribution >= 0.6 is 0 Å². The van der Waals surface area contributed by atoms with Gasteiger partial charge in [-0.1, -0.05) is 12.1 Å². The molecule has 1 aliphatic heterocycles. The van der Waals surface area contributed by atoms with Crippen LogP contribution in [0.1, 0.15) is 22.9 Å². The predicted octanol–water partition coefficient (Wildman–Crippen LogP) is 2.67. The Morgan fingerprint density at radius 3 is 3.12 bits per heavy atom. The van der Waals surface area contributed by atoms with Gasteiger partial charge in [-0.15, -0.1) is 0 Å². The molecule has 6 heteroatoms. The summed E-state index contributed by atoms with van der Waals surface area (Å²) in [4.78, 5) is 22.9. The topological polar surface area (TPSA) is 68.5 Å². The fourth-order valence-corrected chi connectivity index (χ4v) is 3.13. The van der Waals surface area contributed by atoms with E-state index in [1.807, 2.05) is 30.0 Å². The number of nitrogens with zero attached hydrogens (tertiary/aromatic N) is 3. The zero-order valence-electron chi connectivity index (χ0n) is 14.0. The summed E-state index contributed by atoms with van der Waals surface area (Å²) < 4.78 is 11.3. The number of furan rings is 1. The quantitative estimate of drug-likeness (QED) is 0.735. The highest BCUT2D eigenvalue weighted by atomic mass is 16.5. The number of ether oxygens (including phenoxy) is 1. The lowest BCUT2D eigenvalue weighted by Gasteiger charge is -2.32. The maximum Gasteiger partial charge on any atom is 0.227 e. The zero-order valence-corrected chi connectivity index (χ0v) is 14.0. The summed E-state index contributed by atoms with van der Waals surface area (Å²) in [6.07, 6.45) is 6.73. The van der Waals surface area contributed by atoms with Gasteiger partial charge in [-0.25, -0.2) is 0 Å². The highest BCUT2D eigenvalue weighted by Gasteiger charge is 2.27. The number of fused-ring (bicyclic) bond motifs is 1. The summed E-state index contributed by atoms with van der Waals surface area (Å²) in [5.41, 5.74) is 3.63. The standard InChI is InChI=1S/C19H19N3O3/c1-13-2-3-15-14(12-25-17(15)8-13)9-19(23)22-6-7-24-18(11-22)16-10-20-4-5-21-16/h2-5,8,10,12,18H,6-7,9,11H2,1H3/t18-/m0/s1. The minimum Gasteiger partial charge on any atom is -0.464 e. The largest absolute Gasteiger partial charge is 0.464 e. The van der Waals surface area contributed by atoms with Gasteiger partial charge >= 0.3 is 0 Å². The van der Waals surface area contributed by atoms with Crippen LogP contribution in [0.15, 0.2) is 47.5 Å². The molecule has 0 aliphatic carbocycles. The molecule has 0 saturated carbocycles. The molecule has 25 heavy (non-hydrogen) atoms. The molecular weight excluding hydrogens is 318 g/mol. The van der Waals surface area contributed by atoms with Gasteiger partial charge in [0.25, 0.3) is 0 Å². The molecule has 1 amide bonds. The van der Waals surface area contributed by atoms with Crippen molar-refractivity contribution in [2.75, 3.05) is 19.7 Å². The van der Waals surface area contributed by atoms with Crippen molar-refractivity contribution in [1.29, 1.82) is 0 Å². The lowest BCUT2D eigenvalue weighted by molar-refractivity contribution is -0.138. The molecule has 0 unspecified atom stereocenters. The molecule has 1 aromatic carbocycles. The van der Waals surface area contributed by atoms with Crippen molar-refractivity contribution in [2.24, 2.45) is 0 Å². The molecule has 2 aromatic heterocycles. The first-order chi connectivity index (χ1) is 12.2. The molecule has 0 bridgehead atoms. The fourth-order valence-electron chi connectivity index (χ4n) is 3.13. The number of hydrogen-bond donors (Lipinski definition) is 0. The van der Waals surface area contributed by atoms with Crippen LogP contribution in [0.5, 0.6) is 0 Å². The van der Waals surface area contributed by atoms with Crippen molar-refractivity contribution in [1.82, 2.24) is 14.9 Å². The van der Waals surface area contributed by atoms with Gasteiger partial charge in [-0.2, -0.15) is 0 Å². The minimum atomic E-state index is -0.227. The molecule has 0 radical (unpaired) electrons. The molecule has 1 aliphatic rings. The molecule has 0 spiro atoms. The van der Waals surface area contributed by atoms with E-state index in [4.69, 9.17) is 9.15 Å². The number of morpholine rings is 1. The smallest absolute Gasteiger partial charge is 0.227 e. The van der Waals surface area contributed by atoms with Crippen molar-refractivity contribution < 1.29 is 13.9 Å². The number of amides is 1. The lowest BCUT2D eigenvalue weighted by Crippen LogP contribution is -2.43. The number of aryl methyl sites for hydroxylation is 1. The van der Waals surface area contributed by atoms with Crippen molar-refractivity contribution >= 4 is 16.9 Å². The van der Waals surface area contributed by atoms with Crippen LogP contribution in [-0.4, -0.2) is 40.5 Å². The molecule has 1 fully saturated rings. The van der Waals surface area contributed by atoms with Gasteiger partial charge in [-0.05, 0) is 18.6 Å². The Bertz CT molecular complexity index is 891. The Kier molecular flexibility index (Phi) is 4.19. The van der Waals surface area contributed by atoms with E-state index in [-0.39, 0.29) is 12.0 Å². The maximum absolute atomic E-state index is 12.7. The number of rotatable bonds is 3. The van der Waals surface area contributed by atoms with Crippen LogP contribution in [0.25, 0.3) is 11.0 Å². The summed E-state index contributed by atoms with van der Waals surface area (Å²) in [6, 6.07) is 6.03. The van der Waals surface area contributed by atoms with E-state index in [0.29, 0.717) is 26.1 Å². The average Bonchev–Trinajstić information content (AvgIpc) is 3.04. The Morgan fingerprint density at radius 1 is 1.36 bits per heavy atom. The van der Waals surface area contributed by atoms with E-state index in [0.717, 1.165) is 27.8 Å². The molecule has 0 N–H and O–H groups in total. The number of aromatic nitrogens is 2. The van der Waals surface area contributed by atoms with Gasteiger partial charge < -0.3 is 14.1 Å². The van der Waals surface area contributed by atoms with E-state index in [1.165, 1.54) is 0 Å². The Morgan fingerprint density at radius 2 is 2.28 bits per heavy atom. The van der Waals surface area contributed by atoms with Gasteiger partial charge in [0.2, 0.25) is 5.91 Å². The SMILES string of the molecule is Cc1ccc2c(CC(=O)N3CCO[C@H](c4cnccn4)C3)coc2c1. The Labute approximate surface area is 145 Å². The molecular formula is C19H19N3O3. The van der Waals surface area contributed by atoms with Crippen molar-refractivity contribution in [3.63, 3.8) is 0 Å². The third kappa shape index (κ3) is 3.25. The summed E-state index contributed by atoms with van der Waals surface area (Å²) in [7, 11) is 0. The second-order valence-corrected chi connectivity index (χ2v) is 6.27. The van der Waals surface area contributed by atoms with Crippen LogP contribution in [0, 0.1) is 6.92 Å². The van der Waals surface area contributed by atoms with Crippen molar-refractivity contribution in [3.05, 3.63) is 59.9 Å². The Hall–Kier alpha value is -2.73. The second kappa shape index (κ2) is 6.64. The molecule has 6 nitrogen and oxygen atoms in total. The van der Waals surface area contributed by atoms with Crippen LogP contribution in [-0.2, 0) is 16.0 Å². The third-order valence-corrected chi connectivity index (χ3v) is 4.49.